The lowest BCUT2D eigenvalue weighted by atomic mass is 9.93. The number of hydrogen-bond donors (Lipinski definition) is 0. The average molecular weight is 459 g/mol. The number of amides is 1. The molecule has 0 saturated heterocycles. The van der Waals surface area contributed by atoms with E-state index < -0.39 is 5.54 Å². The number of aliphatic imine (C=N–C) groups is 1. The molecule has 0 saturated carbocycles. The van der Waals surface area contributed by atoms with Crippen molar-refractivity contribution in [1.29, 1.82) is 0 Å². The summed E-state index contributed by atoms with van der Waals surface area (Å²) in [5.74, 6) is 0.476. The van der Waals surface area contributed by atoms with Crippen LogP contribution in [0.1, 0.15) is 32.8 Å². The number of thioether (sulfide) groups is 1. The third-order valence-corrected chi connectivity index (χ3v) is 6.23. The molecule has 1 atom stereocenters. The standard InChI is InChI=1S/C24H31ClN4OS/c1-7-11-24(4,12-9-18(3)25)29(17-26-5)23(30)19-15-20-21(28(6)14-8-2)10-13-27-22(20)31-16-19/h7-11,13,15,17H,2,12,14,16H2,1,3-6H3/b11-7-,18-9+,26-17?. The molecular formula is C24H31ClN4OS. The van der Waals surface area contributed by atoms with Crippen LogP contribution in [0.5, 0.6) is 0 Å². The van der Waals surface area contributed by atoms with Crippen molar-refractivity contribution < 1.29 is 4.79 Å². The van der Waals surface area contributed by atoms with E-state index >= 15 is 0 Å². The van der Waals surface area contributed by atoms with Crippen molar-refractivity contribution in [3.8, 4) is 0 Å². The third kappa shape index (κ3) is 6.11. The first-order valence-electron chi connectivity index (χ1n) is 10.1. The zero-order valence-corrected chi connectivity index (χ0v) is 20.5. The first-order valence-corrected chi connectivity index (χ1v) is 11.5. The molecule has 7 heteroatoms. The van der Waals surface area contributed by atoms with Crippen molar-refractivity contribution in [3.63, 3.8) is 0 Å². The van der Waals surface area contributed by atoms with Crippen LogP contribution in [0.15, 0.2) is 63.8 Å². The number of anilines is 1. The summed E-state index contributed by atoms with van der Waals surface area (Å²) in [5, 5.41) is 1.62. The first-order chi connectivity index (χ1) is 14.8. The number of likely N-dealkylation sites (N-methyl/N-ethyl adjacent to an activating group) is 1. The fourth-order valence-electron chi connectivity index (χ4n) is 3.44. The highest BCUT2D eigenvalue weighted by Crippen LogP contribution is 2.37. The quantitative estimate of drug-likeness (QED) is 0.276. The molecule has 31 heavy (non-hydrogen) atoms. The number of fused-ring (bicyclic) bond motifs is 1. The number of pyridine rings is 1. The van der Waals surface area contributed by atoms with Gasteiger partial charge in [0, 0.05) is 54.4 Å². The average Bonchev–Trinajstić information content (AvgIpc) is 2.75. The molecule has 0 fully saturated rings. The van der Waals surface area contributed by atoms with Crippen LogP contribution in [-0.4, -0.2) is 54.1 Å². The minimum absolute atomic E-state index is 0.0776. The van der Waals surface area contributed by atoms with Crippen molar-refractivity contribution in [2.75, 3.05) is 31.3 Å². The fraction of sp³-hybridized carbons (Fsp3) is 0.375. The highest BCUT2D eigenvalue weighted by atomic mass is 35.5. The predicted octanol–water partition coefficient (Wildman–Crippen LogP) is 5.55. The Morgan fingerprint density at radius 1 is 1.48 bits per heavy atom. The molecule has 1 aliphatic heterocycles. The summed E-state index contributed by atoms with van der Waals surface area (Å²) in [7, 11) is 3.68. The molecule has 0 aromatic carbocycles. The minimum Gasteiger partial charge on any atom is -0.370 e. The van der Waals surface area contributed by atoms with Crippen LogP contribution in [0.4, 0.5) is 5.69 Å². The molecule has 2 rings (SSSR count). The van der Waals surface area contributed by atoms with E-state index in [0.717, 1.165) is 16.3 Å². The molecule has 0 aliphatic carbocycles. The van der Waals surface area contributed by atoms with Gasteiger partial charge < -0.3 is 4.90 Å². The monoisotopic (exact) mass is 458 g/mol. The summed E-state index contributed by atoms with van der Waals surface area (Å²) < 4.78 is 0. The van der Waals surface area contributed by atoms with Crippen LogP contribution in [-0.2, 0) is 4.79 Å². The summed E-state index contributed by atoms with van der Waals surface area (Å²) in [4.78, 5) is 26.2. The van der Waals surface area contributed by atoms with E-state index in [0.29, 0.717) is 29.3 Å². The lowest BCUT2D eigenvalue weighted by Gasteiger charge is -2.37. The number of carbonyl (C=O) groups is 1. The molecule has 0 spiro atoms. The Labute approximate surface area is 195 Å². The van der Waals surface area contributed by atoms with Crippen LogP contribution in [0.25, 0.3) is 6.08 Å². The van der Waals surface area contributed by atoms with E-state index in [4.69, 9.17) is 11.6 Å². The van der Waals surface area contributed by atoms with E-state index in [-0.39, 0.29) is 5.91 Å². The van der Waals surface area contributed by atoms with Crippen molar-refractivity contribution in [3.05, 3.63) is 59.3 Å². The Morgan fingerprint density at radius 2 is 2.23 bits per heavy atom. The van der Waals surface area contributed by atoms with Gasteiger partial charge in [0.05, 0.1) is 11.9 Å². The second-order valence-corrected chi connectivity index (χ2v) is 9.14. The van der Waals surface area contributed by atoms with Crippen LogP contribution < -0.4 is 4.90 Å². The molecule has 1 amide bonds. The van der Waals surface area contributed by atoms with Crippen LogP contribution in [0.3, 0.4) is 0 Å². The molecule has 2 heterocycles. The van der Waals surface area contributed by atoms with Gasteiger partial charge in [-0.25, -0.2) is 4.98 Å². The maximum absolute atomic E-state index is 13.7. The SMILES string of the molecule is C=CCN(C)c1ccnc2c1C=C(C(=O)N(C=NC)C(C)(/C=C\C)C/C=C(\C)Cl)CS2. The van der Waals surface area contributed by atoms with Gasteiger partial charge in [0.25, 0.3) is 5.91 Å². The number of aromatic nitrogens is 1. The van der Waals surface area contributed by atoms with Crippen molar-refractivity contribution in [2.24, 2.45) is 4.99 Å². The minimum atomic E-state index is -0.593. The Morgan fingerprint density at radius 3 is 2.84 bits per heavy atom. The van der Waals surface area contributed by atoms with Gasteiger partial charge in [-0.15, -0.1) is 18.3 Å². The predicted molar refractivity (Wildman–Crippen MR) is 135 cm³/mol. The van der Waals surface area contributed by atoms with Gasteiger partial charge in [-0.05, 0) is 39.3 Å². The number of halogens is 1. The summed E-state index contributed by atoms with van der Waals surface area (Å²) >= 11 is 7.67. The largest absolute Gasteiger partial charge is 0.370 e. The van der Waals surface area contributed by atoms with Crippen LogP contribution in [0, 0.1) is 0 Å². The molecule has 5 nitrogen and oxygen atoms in total. The summed E-state index contributed by atoms with van der Waals surface area (Å²) in [6.07, 6.45) is 13.7. The Balaban J connectivity index is 2.50. The topological polar surface area (TPSA) is 48.8 Å². The third-order valence-electron chi connectivity index (χ3n) is 5.02. The second kappa shape index (κ2) is 11.3. The van der Waals surface area contributed by atoms with E-state index in [1.54, 1.807) is 36.2 Å². The highest BCUT2D eigenvalue weighted by Gasteiger charge is 2.34. The zero-order chi connectivity index (χ0) is 23.0. The van der Waals surface area contributed by atoms with E-state index in [2.05, 4.69) is 21.5 Å². The molecule has 0 bridgehead atoms. The van der Waals surface area contributed by atoms with Gasteiger partial charge >= 0.3 is 0 Å². The fourth-order valence-corrected chi connectivity index (χ4v) is 4.48. The number of allylic oxidation sites excluding steroid dienone is 2. The van der Waals surface area contributed by atoms with Gasteiger partial charge in [-0.3, -0.25) is 14.7 Å². The summed E-state index contributed by atoms with van der Waals surface area (Å²) in [5.41, 5.74) is 2.10. The van der Waals surface area contributed by atoms with Crippen LogP contribution >= 0.6 is 23.4 Å². The molecule has 0 radical (unpaired) electrons. The Kier molecular flexibility index (Phi) is 9.14. The van der Waals surface area contributed by atoms with Gasteiger partial charge in [0.2, 0.25) is 0 Å². The van der Waals surface area contributed by atoms with E-state index in [9.17, 15) is 4.79 Å². The Hall–Kier alpha value is -2.31. The molecule has 1 aromatic heterocycles. The molecule has 1 aliphatic rings. The van der Waals surface area contributed by atoms with Crippen LogP contribution in [0.2, 0.25) is 0 Å². The number of rotatable bonds is 9. The lowest BCUT2D eigenvalue weighted by molar-refractivity contribution is -0.125. The number of nitrogens with zero attached hydrogens (tertiary/aromatic N) is 4. The van der Waals surface area contributed by atoms with Gasteiger partial charge in [-0.1, -0.05) is 35.9 Å². The summed E-state index contributed by atoms with van der Waals surface area (Å²) in [6.45, 7) is 10.3. The van der Waals surface area contributed by atoms with E-state index in [1.165, 1.54) is 0 Å². The van der Waals surface area contributed by atoms with Gasteiger partial charge in [0.1, 0.15) is 5.03 Å². The molecule has 0 N–H and O–H groups in total. The Bertz CT molecular complexity index is 934. The molecule has 1 aromatic rings. The molecule has 1 unspecified atom stereocenters. The highest BCUT2D eigenvalue weighted by molar-refractivity contribution is 7.99. The first kappa shape index (κ1) is 25.0. The van der Waals surface area contributed by atoms with Crippen molar-refractivity contribution in [1.82, 2.24) is 9.88 Å². The number of hydrogen-bond acceptors (Lipinski definition) is 5. The normalized spacial score (nSPS) is 16.1. The second-order valence-electron chi connectivity index (χ2n) is 7.58. The van der Waals surface area contributed by atoms with E-state index in [1.807, 2.05) is 64.3 Å². The molecule has 166 valence electrons. The number of carbonyl (C=O) groups excluding carboxylic acids is 1. The summed E-state index contributed by atoms with van der Waals surface area (Å²) in [6, 6.07) is 1.97. The maximum Gasteiger partial charge on any atom is 0.256 e. The molecular weight excluding hydrogens is 428 g/mol. The van der Waals surface area contributed by atoms with Crippen molar-refractivity contribution in [2.45, 2.75) is 37.8 Å². The van der Waals surface area contributed by atoms with Crippen molar-refractivity contribution >= 4 is 47.4 Å². The smallest absolute Gasteiger partial charge is 0.256 e. The van der Waals surface area contributed by atoms with Gasteiger partial charge in [-0.2, -0.15) is 0 Å². The zero-order valence-electron chi connectivity index (χ0n) is 18.9. The maximum atomic E-state index is 13.7. The lowest BCUT2D eigenvalue weighted by Crippen LogP contribution is -2.48. The van der Waals surface area contributed by atoms with Gasteiger partial charge in [0.15, 0.2) is 0 Å².